The summed E-state index contributed by atoms with van der Waals surface area (Å²) in [5.74, 6) is 0.332. The highest BCUT2D eigenvalue weighted by Gasteiger charge is 2.17. The first kappa shape index (κ1) is 20.1. The van der Waals surface area contributed by atoms with Crippen LogP contribution in [0.25, 0.3) is 0 Å². The molecule has 0 saturated carbocycles. The van der Waals surface area contributed by atoms with Crippen LogP contribution in [0.15, 0.2) is 23.1 Å². The van der Waals surface area contributed by atoms with Gasteiger partial charge in [-0.1, -0.05) is 17.7 Å². The molecule has 26 heavy (non-hydrogen) atoms. The number of hydrogen-bond donors (Lipinski definition) is 1. The molecule has 2 aromatic rings. The minimum atomic E-state index is -0.159. The van der Waals surface area contributed by atoms with E-state index < -0.39 is 0 Å². The van der Waals surface area contributed by atoms with E-state index in [1.165, 1.54) is 5.56 Å². The van der Waals surface area contributed by atoms with E-state index in [0.717, 1.165) is 22.5 Å². The lowest BCUT2D eigenvalue weighted by Crippen LogP contribution is -2.31. The standard InChI is InChI=1S/C20H29N3O3/c1-13-9-14(2)18(15(3)10-13)22-19-20(24)23(11-16(4)21-19)17(12-26-6)7-8-25-5/h9-11,17H,7-8,12H2,1-6H3,(H,21,22). The molecule has 0 bridgehead atoms. The van der Waals surface area contributed by atoms with E-state index in [2.05, 4.69) is 29.4 Å². The van der Waals surface area contributed by atoms with Gasteiger partial charge in [0.05, 0.1) is 18.3 Å². The maximum Gasteiger partial charge on any atom is 0.294 e. The van der Waals surface area contributed by atoms with Crippen molar-refractivity contribution in [3.8, 4) is 0 Å². The Bertz CT molecular complexity index is 791. The molecule has 0 saturated heterocycles. The largest absolute Gasteiger partial charge is 0.385 e. The van der Waals surface area contributed by atoms with Gasteiger partial charge in [0.15, 0.2) is 5.82 Å². The van der Waals surface area contributed by atoms with Gasteiger partial charge in [0, 0.05) is 32.7 Å². The van der Waals surface area contributed by atoms with Gasteiger partial charge in [-0.2, -0.15) is 0 Å². The third kappa shape index (κ3) is 4.71. The smallest absolute Gasteiger partial charge is 0.294 e. The van der Waals surface area contributed by atoms with Crippen LogP contribution in [0.1, 0.15) is 34.8 Å². The molecule has 1 N–H and O–H groups in total. The van der Waals surface area contributed by atoms with Gasteiger partial charge in [0.2, 0.25) is 0 Å². The summed E-state index contributed by atoms with van der Waals surface area (Å²) < 4.78 is 12.2. The van der Waals surface area contributed by atoms with Crippen molar-refractivity contribution in [2.75, 3.05) is 32.8 Å². The number of hydrogen-bond acceptors (Lipinski definition) is 5. The van der Waals surface area contributed by atoms with Crippen molar-refractivity contribution >= 4 is 11.5 Å². The quantitative estimate of drug-likeness (QED) is 0.782. The van der Waals surface area contributed by atoms with Crippen molar-refractivity contribution in [3.63, 3.8) is 0 Å². The van der Waals surface area contributed by atoms with E-state index in [9.17, 15) is 4.79 Å². The minimum absolute atomic E-state index is 0.102. The fraction of sp³-hybridized carbons (Fsp3) is 0.500. The summed E-state index contributed by atoms with van der Waals surface area (Å²) in [6.45, 7) is 9.00. The van der Waals surface area contributed by atoms with Crippen LogP contribution in [-0.2, 0) is 9.47 Å². The number of anilines is 2. The van der Waals surface area contributed by atoms with E-state index >= 15 is 0 Å². The maximum absolute atomic E-state index is 13.0. The lowest BCUT2D eigenvalue weighted by Gasteiger charge is -2.21. The number of methoxy groups -OCH3 is 2. The molecule has 0 aliphatic carbocycles. The molecule has 0 fully saturated rings. The number of aromatic nitrogens is 2. The van der Waals surface area contributed by atoms with Gasteiger partial charge in [-0.05, 0) is 45.2 Å². The fourth-order valence-electron chi connectivity index (χ4n) is 3.23. The molecule has 142 valence electrons. The average Bonchev–Trinajstić information content (AvgIpc) is 2.57. The molecular weight excluding hydrogens is 330 g/mol. The Hall–Kier alpha value is -2.18. The summed E-state index contributed by atoms with van der Waals surface area (Å²) in [7, 11) is 3.29. The van der Waals surface area contributed by atoms with Crippen LogP contribution >= 0.6 is 0 Å². The zero-order valence-corrected chi connectivity index (χ0v) is 16.5. The summed E-state index contributed by atoms with van der Waals surface area (Å²) >= 11 is 0. The van der Waals surface area contributed by atoms with E-state index in [0.29, 0.717) is 25.5 Å². The first-order valence-corrected chi connectivity index (χ1v) is 8.80. The molecule has 1 atom stereocenters. The van der Waals surface area contributed by atoms with Gasteiger partial charge < -0.3 is 19.4 Å². The molecule has 0 aliphatic rings. The van der Waals surface area contributed by atoms with Gasteiger partial charge in [0.1, 0.15) is 0 Å². The molecule has 1 unspecified atom stereocenters. The van der Waals surface area contributed by atoms with Crippen LogP contribution in [0.4, 0.5) is 11.5 Å². The molecule has 0 aliphatic heterocycles. The topological polar surface area (TPSA) is 65.4 Å². The zero-order valence-electron chi connectivity index (χ0n) is 16.5. The van der Waals surface area contributed by atoms with Crippen molar-refractivity contribution in [2.24, 2.45) is 0 Å². The van der Waals surface area contributed by atoms with Crippen LogP contribution in [0.3, 0.4) is 0 Å². The van der Waals surface area contributed by atoms with Crippen LogP contribution in [-0.4, -0.2) is 37.0 Å². The van der Waals surface area contributed by atoms with E-state index in [-0.39, 0.29) is 11.6 Å². The molecule has 6 nitrogen and oxygen atoms in total. The third-order valence-corrected chi connectivity index (χ3v) is 4.38. The molecule has 1 aromatic carbocycles. The highest BCUT2D eigenvalue weighted by atomic mass is 16.5. The van der Waals surface area contributed by atoms with Crippen LogP contribution in [0.5, 0.6) is 0 Å². The Kier molecular flexibility index (Phi) is 6.94. The second-order valence-electron chi connectivity index (χ2n) is 6.73. The number of ether oxygens (including phenoxy) is 2. The van der Waals surface area contributed by atoms with Crippen LogP contribution in [0, 0.1) is 27.7 Å². The van der Waals surface area contributed by atoms with Crippen molar-refractivity contribution in [1.29, 1.82) is 0 Å². The van der Waals surface area contributed by atoms with E-state index in [4.69, 9.17) is 9.47 Å². The van der Waals surface area contributed by atoms with Gasteiger partial charge >= 0.3 is 0 Å². The number of nitrogens with one attached hydrogen (secondary N) is 1. The predicted molar refractivity (Wildman–Crippen MR) is 105 cm³/mol. The second kappa shape index (κ2) is 8.96. The first-order valence-electron chi connectivity index (χ1n) is 8.80. The zero-order chi connectivity index (χ0) is 19.3. The molecule has 1 aromatic heterocycles. The summed E-state index contributed by atoms with van der Waals surface area (Å²) in [5.41, 5.74) is 4.91. The van der Waals surface area contributed by atoms with Crippen LogP contribution in [0.2, 0.25) is 0 Å². The molecule has 6 heteroatoms. The van der Waals surface area contributed by atoms with Crippen molar-refractivity contribution in [3.05, 3.63) is 51.1 Å². The molecule has 1 heterocycles. The number of rotatable bonds is 8. The van der Waals surface area contributed by atoms with Gasteiger partial charge in [-0.3, -0.25) is 4.79 Å². The van der Waals surface area contributed by atoms with E-state index in [1.807, 2.05) is 20.8 Å². The summed E-state index contributed by atoms with van der Waals surface area (Å²) in [5, 5.41) is 3.25. The number of nitrogens with zero attached hydrogens (tertiary/aromatic N) is 2. The number of benzene rings is 1. The van der Waals surface area contributed by atoms with Gasteiger partial charge in [-0.15, -0.1) is 0 Å². The van der Waals surface area contributed by atoms with Crippen molar-refractivity contribution < 1.29 is 9.47 Å². The SMILES string of the molecule is COCCC(COC)n1cc(C)nc(Nc2c(C)cc(C)cc2C)c1=O. The Morgan fingerprint density at radius 3 is 2.35 bits per heavy atom. The minimum Gasteiger partial charge on any atom is -0.385 e. The van der Waals surface area contributed by atoms with Crippen LogP contribution < -0.4 is 10.9 Å². The number of aryl methyl sites for hydroxylation is 4. The molecule has 0 spiro atoms. The van der Waals surface area contributed by atoms with Gasteiger partial charge in [0.25, 0.3) is 5.56 Å². The van der Waals surface area contributed by atoms with Crippen molar-refractivity contribution in [2.45, 2.75) is 40.2 Å². The summed E-state index contributed by atoms with van der Waals surface area (Å²) in [6, 6.07) is 4.08. The predicted octanol–water partition coefficient (Wildman–Crippen LogP) is 3.44. The van der Waals surface area contributed by atoms with Crippen molar-refractivity contribution in [1.82, 2.24) is 9.55 Å². The first-order chi connectivity index (χ1) is 12.4. The Labute approximate surface area is 155 Å². The fourth-order valence-corrected chi connectivity index (χ4v) is 3.23. The summed E-state index contributed by atoms with van der Waals surface area (Å²) in [4.78, 5) is 17.5. The highest BCUT2D eigenvalue weighted by molar-refractivity contribution is 5.64. The Morgan fingerprint density at radius 1 is 1.12 bits per heavy atom. The summed E-state index contributed by atoms with van der Waals surface area (Å²) in [6.07, 6.45) is 2.47. The Morgan fingerprint density at radius 2 is 1.77 bits per heavy atom. The average molecular weight is 359 g/mol. The monoisotopic (exact) mass is 359 g/mol. The van der Waals surface area contributed by atoms with E-state index in [1.54, 1.807) is 25.0 Å². The molecule has 0 radical (unpaired) electrons. The normalized spacial score (nSPS) is 12.2. The molecule has 2 rings (SSSR count). The van der Waals surface area contributed by atoms with Gasteiger partial charge in [-0.25, -0.2) is 4.98 Å². The Balaban J connectivity index is 2.45. The third-order valence-electron chi connectivity index (χ3n) is 4.38. The second-order valence-corrected chi connectivity index (χ2v) is 6.73. The lowest BCUT2D eigenvalue weighted by atomic mass is 10.1. The highest BCUT2D eigenvalue weighted by Crippen LogP contribution is 2.24. The molecular formula is C20H29N3O3. The molecule has 0 amide bonds. The maximum atomic E-state index is 13.0. The lowest BCUT2D eigenvalue weighted by molar-refractivity contribution is 0.119.